The predicted octanol–water partition coefficient (Wildman–Crippen LogP) is 2.92. The van der Waals surface area contributed by atoms with Crippen molar-refractivity contribution >= 4 is 6.09 Å². The number of carbonyl (C=O) groups excluding carboxylic acids is 1. The van der Waals surface area contributed by atoms with Crippen LogP contribution < -0.4 is 4.74 Å². The number of benzene rings is 1. The molecule has 0 saturated carbocycles. The molecule has 0 atom stereocenters. The van der Waals surface area contributed by atoms with E-state index < -0.39 is 5.60 Å². The van der Waals surface area contributed by atoms with E-state index >= 15 is 0 Å². The number of ether oxygens (including phenoxy) is 2. The van der Waals surface area contributed by atoms with Crippen LogP contribution in [0.4, 0.5) is 4.79 Å². The van der Waals surface area contributed by atoms with Crippen LogP contribution in [0.5, 0.6) is 5.75 Å². The van der Waals surface area contributed by atoms with E-state index in [0.29, 0.717) is 26.2 Å². The molecule has 0 fully saturated rings. The first-order chi connectivity index (χ1) is 11.8. The normalized spacial score (nSPS) is 14.2. The fraction of sp³-hybridized carbons (Fsp3) is 0.500. The maximum absolute atomic E-state index is 12.2. The lowest BCUT2D eigenvalue weighted by Gasteiger charge is -2.30. The lowest BCUT2D eigenvalue weighted by Crippen LogP contribution is -2.41. The molecule has 0 radical (unpaired) electrons. The summed E-state index contributed by atoms with van der Waals surface area (Å²) >= 11 is 0. The molecule has 0 unspecified atom stereocenters. The van der Waals surface area contributed by atoms with Gasteiger partial charge in [-0.25, -0.2) is 4.79 Å². The third-order valence-electron chi connectivity index (χ3n) is 3.84. The van der Waals surface area contributed by atoms with E-state index in [-0.39, 0.29) is 6.09 Å². The first-order valence-electron chi connectivity index (χ1n) is 8.40. The minimum absolute atomic E-state index is 0.320. The quantitative estimate of drug-likeness (QED) is 0.856. The van der Waals surface area contributed by atoms with Gasteiger partial charge in [0.15, 0.2) is 11.6 Å². The van der Waals surface area contributed by atoms with Crippen LogP contribution in [-0.4, -0.2) is 37.9 Å². The zero-order valence-electron chi connectivity index (χ0n) is 15.2. The average Bonchev–Trinajstić information content (AvgIpc) is 2.93. The van der Waals surface area contributed by atoms with Gasteiger partial charge in [-0.2, -0.15) is 0 Å². The zero-order valence-corrected chi connectivity index (χ0v) is 15.2. The molecule has 1 aromatic heterocycles. The Morgan fingerprint density at radius 1 is 1.24 bits per heavy atom. The molecule has 1 amide bonds. The van der Waals surface area contributed by atoms with Crippen molar-refractivity contribution in [2.75, 3.05) is 6.54 Å². The molecule has 0 N–H and O–H groups in total. The Bertz CT molecular complexity index is 764. The summed E-state index contributed by atoms with van der Waals surface area (Å²) in [5, 5.41) is 8.41. The Labute approximate surface area is 147 Å². The van der Waals surface area contributed by atoms with Crippen molar-refractivity contribution in [2.24, 2.45) is 0 Å². The molecule has 3 rings (SSSR count). The summed E-state index contributed by atoms with van der Waals surface area (Å²) in [5.41, 5.74) is 0.642. The SMILES string of the molecule is Cc1cccc(OCc2nnc3n2CCN(C(=O)OC(C)(C)C)C3)c1. The highest BCUT2D eigenvalue weighted by atomic mass is 16.6. The number of fused-ring (bicyclic) bond motifs is 1. The molecule has 7 nitrogen and oxygen atoms in total. The van der Waals surface area contributed by atoms with Gasteiger partial charge in [0.05, 0.1) is 6.54 Å². The second-order valence-electron chi connectivity index (χ2n) is 7.19. The van der Waals surface area contributed by atoms with E-state index in [1.54, 1.807) is 4.90 Å². The van der Waals surface area contributed by atoms with Crippen molar-refractivity contribution in [3.8, 4) is 5.75 Å². The number of aryl methyl sites for hydroxylation is 1. The molecule has 134 valence electrons. The fourth-order valence-corrected chi connectivity index (χ4v) is 2.66. The Balaban J connectivity index is 1.63. The van der Waals surface area contributed by atoms with Crippen LogP contribution in [0.1, 0.15) is 38.0 Å². The van der Waals surface area contributed by atoms with Crippen LogP contribution in [0, 0.1) is 6.92 Å². The maximum atomic E-state index is 12.2. The lowest BCUT2D eigenvalue weighted by atomic mass is 10.2. The predicted molar refractivity (Wildman–Crippen MR) is 92.2 cm³/mol. The molecule has 0 spiro atoms. The summed E-state index contributed by atoms with van der Waals surface area (Å²) in [6.45, 7) is 9.55. The van der Waals surface area contributed by atoms with Crippen LogP contribution in [0.2, 0.25) is 0 Å². The van der Waals surface area contributed by atoms with Crippen LogP contribution in [-0.2, 0) is 24.4 Å². The molecule has 0 aliphatic carbocycles. The highest BCUT2D eigenvalue weighted by Crippen LogP contribution is 2.18. The Morgan fingerprint density at radius 3 is 2.76 bits per heavy atom. The maximum Gasteiger partial charge on any atom is 0.410 e. The second kappa shape index (κ2) is 6.74. The van der Waals surface area contributed by atoms with Gasteiger partial charge in [-0.05, 0) is 45.4 Å². The van der Waals surface area contributed by atoms with Gasteiger partial charge >= 0.3 is 6.09 Å². The molecular weight excluding hydrogens is 320 g/mol. The summed E-state index contributed by atoms with van der Waals surface area (Å²) in [5.74, 6) is 2.32. The van der Waals surface area contributed by atoms with Crippen molar-refractivity contribution in [3.63, 3.8) is 0 Å². The third-order valence-corrected chi connectivity index (χ3v) is 3.84. The molecule has 25 heavy (non-hydrogen) atoms. The number of nitrogens with zero attached hydrogens (tertiary/aromatic N) is 4. The van der Waals surface area contributed by atoms with Crippen LogP contribution >= 0.6 is 0 Å². The highest BCUT2D eigenvalue weighted by molar-refractivity contribution is 5.68. The molecule has 1 aliphatic heterocycles. The van der Waals surface area contributed by atoms with Crippen molar-refractivity contribution < 1.29 is 14.3 Å². The van der Waals surface area contributed by atoms with Crippen molar-refractivity contribution in [2.45, 2.75) is 53.0 Å². The van der Waals surface area contributed by atoms with Gasteiger partial charge in [-0.15, -0.1) is 10.2 Å². The van der Waals surface area contributed by atoms with Crippen molar-refractivity contribution in [1.82, 2.24) is 19.7 Å². The number of carbonyl (C=O) groups is 1. The fourth-order valence-electron chi connectivity index (χ4n) is 2.66. The van der Waals surface area contributed by atoms with Crippen LogP contribution in [0.3, 0.4) is 0 Å². The lowest BCUT2D eigenvalue weighted by molar-refractivity contribution is 0.0193. The summed E-state index contributed by atoms with van der Waals surface area (Å²) in [6, 6.07) is 7.89. The van der Waals surface area contributed by atoms with Gasteiger partial charge < -0.3 is 14.0 Å². The minimum Gasteiger partial charge on any atom is -0.486 e. The molecule has 7 heteroatoms. The number of hydrogen-bond donors (Lipinski definition) is 0. The van der Waals surface area contributed by atoms with E-state index in [2.05, 4.69) is 10.2 Å². The van der Waals surface area contributed by atoms with Gasteiger partial charge in [0.25, 0.3) is 0 Å². The Kier molecular flexibility index (Phi) is 4.65. The highest BCUT2D eigenvalue weighted by Gasteiger charge is 2.28. The van der Waals surface area contributed by atoms with E-state index in [9.17, 15) is 4.79 Å². The Morgan fingerprint density at radius 2 is 2.04 bits per heavy atom. The molecular formula is C18H24N4O3. The first-order valence-corrected chi connectivity index (χ1v) is 8.40. The van der Waals surface area contributed by atoms with Crippen LogP contribution in [0.15, 0.2) is 24.3 Å². The summed E-state index contributed by atoms with van der Waals surface area (Å²) in [4.78, 5) is 13.8. The molecule has 2 heterocycles. The van der Waals surface area contributed by atoms with E-state index in [1.165, 1.54) is 0 Å². The first kappa shape index (κ1) is 17.3. The summed E-state index contributed by atoms with van der Waals surface area (Å²) in [7, 11) is 0. The van der Waals surface area contributed by atoms with Gasteiger partial charge in [0.2, 0.25) is 0 Å². The van der Waals surface area contributed by atoms with Gasteiger partial charge in [-0.1, -0.05) is 12.1 Å². The second-order valence-corrected chi connectivity index (χ2v) is 7.19. The number of amides is 1. The number of hydrogen-bond acceptors (Lipinski definition) is 5. The largest absolute Gasteiger partial charge is 0.486 e. The van der Waals surface area contributed by atoms with Gasteiger partial charge in [0, 0.05) is 13.1 Å². The number of aromatic nitrogens is 3. The van der Waals surface area contributed by atoms with E-state index in [1.807, 2.05) is 56.5 Å². The standard InChI is InChI=1S/C18H24N4O3/c1-13-6-5-7-14(10-13)24-12-16-20-19-15-11-21(8-9-22(15)16)17(23)25-18(2,3)4/h5-7,10H,8-9,11-12H2,1-4H3. The van der Waals surface area contributed by atoms with E-state index in [0.717, 1.165) is 23.0 Å². The molecule has 2 aromatic rings. The molecule has 1 aliphatic rings. The monoisotopic (exact) mass is 344 g/mol. The summed E-state index contributed by atoms with van der Waals surface area (Å²) < 4.78 is 13.2. The smallest absolute Gasteiger partial charge is 0.410 e. The van der Waals surface area contributed by atoms with Crippen molar-refractivity contribution in [3.05, 3.63) is 41.5 Å². The third kappa shape index (κ3) is 4.29. The summed E-state index contributed by atoms with van der Waals surface area (Å²) in [6.07, 6.45) is -0.320. The molecule has 0 saturated heterocycles. The van der Waals surface area contributed by atoms with Gasteiger partial charge in [-0.3, -0.25) is 4.90 Å². The van der Waals surface area contributed by atoms with Crippen LogP contribution in [0.25, 0.3) is 0 Å². The zero-order chi connectivity index (χ0) is 18.0. The van der Waals surface area contributed by atoms with Gasteiger partial charge in [0.1, 0.15) is 18.0 Å². The number of rotatable bonds is 3. The molecule has 0 bridgehead atoms. The Hall–Kier alpha value is -2.57. The minimum atomic E-state index is -0.505. The van der Waals surface area contributed by atoms with Crippen molar-refractivity contribution in [1.29, 1.82) is 0 Å². The average molecular weight is 344 g/mol. The molecule has 1 aromatic carbocycles. The van der Waals surface area contributed by atoms with E-state index in [4.69, 9.17) is 9.47 Å². The topological polar surface area (TPSA) is 69.5 Å².